The Balaban J connectivity index is 1.80. The zero-order valence-corrected chi connectivity index (χ0v) is 12.1. The van der Waals surface area contributed by atoms with Crippen molar-refractivity contribution >= 4 is 37.4 Å². The van der Waals surface area contributed by atoms with Crippen LogP contribution in [0.5, 0.6) is 0 Å². The number of piperidine rings is 1. The van der Waals surface area contributed by atoms with Gasteiger partial charge in [0.25, 0.3) is 0 Å². The lowest BCUT2D eigenvalue weighted by molar-refractivity contribution is 0.229. The van der Waals surface area contributed by atoms with Crippen LogP contribution in [0.2, 0.25) is 0 Å². The molecular formula is C14H16BrNS. The molecule has 17 heavy (non-hydrogen) atoms. The Hall–Kier alpha value is -0.380. The van der Waals surface area contributed by atoms with E-state index in [2.05, 4.69) is 50.5 Å². The lowest BCUT2D eigenvalue weighted by atomic mass is 10.1. The molecule has 1 unspecified atom stereocenters. The van der Waals surface area contributed by atoms with Crippen LogP contribution in [0.3, 0.4) is 0 Å². The van der Waals surface area contributed by atoms with E-state index in [1.165, 1.54) is 41.6 Å². The first kappa shape index (κ1) is 11.7. The Kier molecular flexibility index (Phi) is 3.50. The minimum atomic E-state index is 0.682. The maximum absolute atomic E-state index is 3.74. The van der Waals surface area contributed by atoms with Gasteiger partial charge in [-0.25, -0.2) is 0 Å². The summed E-state index contributed by atoms with van der Waals surface area (Å²) in [4.78, 5) is 3.25. The number of rotatable bonds is 2. The molecule has 0 bridgehead atoms. The molecule has 1 fully saturated rings. The number of benzene rings is 1. The summed E-state index contributed by atoms with van der Waals surface area (Å²) in [5.41, 5.74) is 1.49. The number of hydrogen-bond donors (Lipinski definition) is 0. The van der Waals surface area contributed by atoms with Gasteiger partial charge in [-0.15, -0.1) is 11.3 Å². The molecule has 1 nitrogen and oxygen atoms in total. The van der Waals surface area contributed by atoms with E-state index in [-0.39, 0.29) is 0 Å². The monoisotopic (exact) mass is 309 g/mol. The highest BCUT2D eigenvalue weighted by molar-refractivity contribution is 9.09. The molecule has 2 heterocycles. The van der Waals surface area contributed by atoms with Gasteiger partial charge in [-0.2, -0.15) is 0 Å². The van der Waals surface area contributed by atoms with Crippen molar-refractivity contribution in [1.29, 1.82) is 0 Å². The van der Waals surface area contributed by atoms with E-state index in [0.29, 0.717) is 4.83 Å². The summed E-state index contributed by atoms with van der Waals surface area (Å²) in [5.74, 6) is 0. The Bertz CT molecular complexity index is 508. The maximum Gasteiger partial charge on any atom is 0.0346 e. The third kappa shape index (κ3) is 2.56. The van der Waals surface area contributed by atoms with Gasteiger partial charge in [-0.3, -0.25) is 4.90 Å². The van der Waals surface area contributed by atoms with Gasteiger partial charge in [-0.05, 0) is 41.8 Å². The molecule has 0 radical (unpaired) electrons. The maximum atomic E-state index is 3.74. The fourth-order valence-corrected chi connectivity index (χ4v) is 4.23. The SMILES string of the molecule is BrC1CCCN(Cc2csc3ccccc23)C1. The average Bonchev–Trinajstić information content (AvgIpc) is 2.73. The quantitative estimate of drug-likeness (QED) is 0.749. The average molecular weight is 310 g/mol. The first-order valence-electron chi connectivity index (χ1n) is 6.14. The number of halogens is 1. The molecule has 3 heteroatoms. The standard InChI is InChI=1S/C14H16BrNS/c15-12-4-3-7-16(9-12)8-11-10-17-14-6-2-1-5-13(11)14/h1-2,5-6,10,12H,3-4,7-9H2. The van der Waals surface area contributed by atoms with Crippen molar-refractivity contribution in [1.82, 2.24) is 4.90 Å². The minimum Gasteiger partial charge on any atom is -0.298 e. The van der Waals surface area contributed by atoms with Crippen LogP contribution in [0.1, 0.15) is 18.4 Å². The molecule has 0 saturated carbocycles. The Labute approximate surface area is 115 Å². The van der Waals surface area contributed by atoms with Gasteiger partial charge in [0.1, 0.15) is 0 Å². The molecule has 1 aliphatic heterocycles. The van der Waals surface area contributed by atoms with Gasteiger partial charge in [0, 0.05) is 22.6 Å². The molecule has 0 aliphatic carbocycles. The molecule has 1 saturated heterocycles. The molecule has 0 amide bonds. The molecule has 1 aromatic carbocycles. The Morgan fingerprint density at radius 3 is 3.12 bits per heavy atom. The highest BCUT2D eigenvalue weighted by atomic mass is 79.9. The van der Waals surface area contributed by atoms with E-state index in [1.807, 2.05) is 11.3 Å². The van der Waals surface area contributed by atoms with Crippen molar-refractivity contribution < 1.29 is 0 Å². The number of likely N-dealkylation sites (tertiary alicyclic amines) is 1. The normalized spacial score (nSPS) is 22.1. The van der Waals surface area contributed by atoms with Crippen molar-refractivity contribution in [3.8, 4) is 0 Å². The summed E-state index contributed by atoms with van der Waals surface area (Å²) >= 11 is 5.61. The smallest absolute Gasteiger partial charge is 0.0346 e. The topological polar surface area (TPSA) is 3.24 Å². The lowest BCUT2D eigenvalue weighted by Crippen LogP contribution is -2.35. The number of nitrogens with zero attached hydrogens (tertiary/aromatic N) is 1. The molecule has 0 N–H and O–H groups in total. The lowest BCUT2D eigenvalue weighted by Gasteiger charge is -2.29. The van der Waals surface area contributed by atoms with Crippen molar-refractivity contribution in [2.24, 2.45) is 0 Å². The fourth-order valence-electron chi connectivity index (χ4n) is 2.54. The number of fused-ring (bicyclic) bond motifs is 1. The van der Waals surface area contributed by atoms with E-state index in [1.54, 1.807) is 0 Å². The van der Waals surface area contributed by atoms with Crippen LogP contribution in [0, 0.1) is 0 Å². The second-order valence-corrected chi connectivity index (χ2v) is 6.94. The van der Waals surface area contributed by atoms with E-state index in [4.69, 9.17) is 0 Å². The van der Waals surface area contributed by atoms with Gasteiger partial charge in [0.05, 0.1) is 0 Å². The highest BCUT2D eigenvalue weighted by Crippen LogP contribution is 2.28. The molecule has 1 aliphatic rings. The second-order valence-electron chi connectivity index (χ2n) is 4.73. The van der Waals surface area contributed by atoms with E-state index in [9.17, 15) is 0 Å². The van der Waals surface area contributed by atoms with Crippen LogP contribution in [-0.2, 0) is 6.54 Å². The second kappa shape index (κ2) is 5.09. The summed E-state index contributed by atoms with van der Waals surface area (Å²) in [6.45, 7) is 3.53. The van der Waals surface area contributed by atoms with Crippen LogP contribution < -0.4 is 0 Å². The Morgan fingerprint density at radius 2 is 2.24 bits per heavy atom. The van der Waals surface area contributed by atoms with Gasteiger partial charge < -0.3 is 0 Å². The van der Waals surface area contributed by atoms with Gasteiger partial charge in [0.15, 0.2) is 0 Å². The molecule has 1 aromatic heterocycles. The third-order valence-electron chi connectivity index (χ3n) is 3.40. The van der Waals surface area contributed by atoms with E-state index >= 15 is 0 Å². The summed E-state index contributed by atoms with van der Waals surface area (Å²) in [7, 11) is 0. The first-order valence-corrected chi connectivity index (χ1v) is 7.94. The summed E-state index contributed by atoms with van der Waals surface area (Å²) in [6, 6.07) is 8.73. The largest absolute Gasteiger partial charge is 0.298 e. The van der Waals surface area contributed by atoms with Gasteiger partial charge in [-0.1, -0.05) is 34.1 Å². The first-order chi connectivity index (χ1) is 8.33. The van der Waals surface area contributed by atoms with Crippen LogP contribution in [0.15, 0.2) is 29.6 Å². The predicted molar refractivity (Wildman–Crippen MR) is 79.1 cm³/mol. The molecular weight excluding hydrogens is 294 g/mol. The van der Waals surface area contributed by atoms with Crippen molar-refractivity contribution in [2.45, 2.75) is 24.2 Å². The zero-order chi connectivity index (χ0) is 11.7. The molecule has 90 valence electrons. The number of alkyl halides is 1. The summed E-state index contributed by atoms with van der Waals surface area (Å²) in [6.07, 6.45) is 2.64. The highest BCUT2D eigenvalue weighted by Gasteiger charge is 2.18. The summed E-state index contributed by atoms with van der Waals surface area (Å²) < 4.78 is 1.41. The Morgan fingerprint density at radius 1 is 1.35 bits per heavy atom. The fraction of sp³-hybridized carbons (Fsp3) is 0.429. The third-order valence-corrected chi connectivity index (χ3v) is 5.16. The predicted octanol–water partition coefficient (Wildman–Crippen LogP) is 4.26. The van der Waals surface area contributed by atoms with Gasteiger partial charge in [0.2, 0.25) is 0 Å². The number of hydrogen-bond acceptors (Lipinski definition) is 2. The van der Waals surface area contributed by atoms with E-state index < -0.39 is 0 Å². The van der Waals surface area contributed by atoms with Crippen molar-refractivity contribution in [3.63, 3.8) is 0 Å². The molecule has 2 aromatic rings. The van der Waals surface area contributed by atoms with Gasteiger partial charge >= 0.3 is 0 Å². The van der Waals surface area contributed by atoms with Crippen LogP contribution in [0.4, 0.5) is 0 Å². The molecule has 1 atom stereocenters. The van der Waals surface area contributed by atoms with Crippen LogP contribution in [-0.4, -0.2) is 22.8 Å². The summed E-state index contributed by atoms with van der Waals surface area (Å²) in [5, 5.41) is 3.76. The van der Waals surface area contributed by atoms with Crippen LogP contribution >= 0.6 is 27.3 Å². The van der Waals surface area contributed by atoms with Crippen molar-refractivity contribution in [2.75, 3.05) is 13.1 Å². The van der Waals surface area contributed by atoms with E-state index in [0.717, 1.165) is 6.54 Å². The van der Waals surface area contributed by atoms with Crippen molar-refractivity contribution in [3.05, 3.63) is 35.2 Å². The van der Waals surface area contributed by atoms with Crippen LogP contribution in [0.25, 0.3) is 10.1 Å². The molecule has 0 spiro atoms. The zero-order valence-electron chi connectivity index (χ0n) is 9.73. The number of thiophene rings is 1. The molecule has 3 rings (SSSR count). The minimum absolute atomic E-state index is 0.682.